The molecule has 74 valence electrons. The van der Waals surface area contributed by atoms with Gasteiger partial charge in [0.2, 0.25) is 5.95 Å². The summed E-state index contributed by atoms with van der Waals surface area (Å²) in [6.07, 6.45) is 0. The summed E-state index contributed by atoms with van der Waals surface area (Å²) in [5, 5.41) is 0. The largest absolute Gasteiger partial charge is 0.224 e. The van der Waals surface area contributed by atoms with E-state index in [4.69, 9.17) is 0 Å². The van der Waals surface area contributed by atoms with E-state index < -0.39 is 5.95 Å². The van der Waals surface area contributed by atoms with E-state index in [-0.39, 0.29) is 5.41 Å². The molecule has 0 spiro atoms. The molecule has 0 radical (unpaired) electrons. The van der Waals surface area contributed by atoms with E-state index in [1.165, 1.54) is 6.07 Å². The van der Waals surface area contributed by atoms with Crippen LogP contribution in [0.3, 0.4) is 0 Å². The predicted octanol–water partition coefficient (Wildman–Crippen LogP) is 3.54. The maximum absolute atomic E-state index is 12.6. The van der Waals surface area contributed by atoms with E-state index in [1.807, 2.05) is 40.7 Å². The van der Waals surface area contributed by atoms with Crippen molar-refractivity contribution in [2.75, 3.05) is 0 Å². The second-order valence-electron chi connectivity index (χ2n) is 3.60. The van der Waals surface area contributed by atoms with Crippen LogP contribution in [0.2, 0.25) is 0 Å². The van der Waals surface area contributed by atoms with Gasteiger partial charge in [-0.2, -0.15) is 4.39 Å². The summed E-state index contributed by atoms with van der Waals surface area (Å²) in [5.41, 5.74) is 0.722. The minimum Gasteiger partial charge on any atom is -0.224 e. The molecule has 13 heavy (non-hydrogen) atoms. The third kappa shape index (κ3) is 4.02. The molecule has 1 nitrogen and oxygen atoms in total. The van der Waals surface area contributed by atoms with Gasteiger partial charge in [0.05, 0.1) is 0 Å². The Kier molecular flexibility index (Phi) is 4.60. The molecule has 0 aliphatic heterocycles. The van der Waals surface area contributed by atoms with Crippen molar-refractivity contribution in [2.45, 2.75) is 40.0 Å². The molecule has 0 N–H and O–H groups in total. The summed E-state index contributed by atoms with van der Waals surface area (Å²) in [4.78, 5) is 3.78. The van der Waals surface area contributed by atoms with Gasteiger partial charge < -0.3 is 0 Å². The van der Waals surface area contributed by atoms with Crippen molar-refractivity contribution in [3.63, 3.8) is 0 Å². The van der Waals surface area contributed by atoms with Crippen LogP contribution in [0.5, 0.6) is 0 Å². The third-order valence-corrected chi connectivity index (χ3v) is 1.48. The van der Waals surface area contributed by atoms with Crippen LogP contribution >= 0.6 is 0 Å². The monoisotopic (exact) mass is 183 g/mol. The smallest absolute Gasteiger partial charge is 0.213 e. The first kappa shape index (κ1) is 12.1. The second-order valence-corrected chi connectivity index (χ2v) is 3.60. The lowest BCUT2D eigenvalue weighted by Gasteiger charge is -2.16. The summed E-state index contributed by atoms with van der Waals surface area (Å²) in [5.74, 6) is -0.405. The highest BCUT2D eigenvalue weighted by Gasteiger charge is 2.14. The lowest BCUT2D eigenvalue weighted by atomic mass is 9.92. The van der Waals surface area contributed by atoms with Gasteiger partial charge in [0, 0.05) is 11.1 Å². The van der Waals surface area contributed by atoms with E-state index in [0.717, 1.165) is 5.69 Å². The molecule has 0 saturated carbocycles. The van der Waals surface area contributed by atoms with Gasteiger partial charge in [0.1, 0.15) is 0 Å². The van der Waals surface area contributed by atoms with Crippen molar-refractivity contribution in [3.8, 4) is 0 Å². The first-order valence-corrected chi connectivity index (χ1v) is 4.63. The Balaban J connectivity index is 0.000000671. The van der Waals surface area contributed by atoms with Gasteiger partial charge in [0.15, 0.2) is 0 Å². The average molecular weight is 183 g/mol. The minimum absolute atomic E-state index is 0.0674. The standard InChI is InChI=1S/C9H12FN.C2H6/c1-9(2,3)7-5-4-6-8(10)11-7;1-2/h4-6H,1-3H3;1-2H3. The normalized spacial score (nSPS) is 10.3. The molecule has 0 unspecified atom stereocenters. The van der Waals surface area contributed by atoms with Crippen LogP contribution in [-0.2, 0) is 5.41 Å². The van der Waals surface area contributed by atoms with E-state index in [2.05, 4.69) is 4.98 Å². The fourth-order valence-corrected chi connectivity index (χ4v) is 0.826. The zero-order valence-electron chi connectivity index (χ0n) is 9.06. The first-order valence-electron chi connectivity index (χ1n) is 4.63. The van der Waals surface area contributed by atoms with Gasteiger partial charge in [-0.05, 0) is 12.1 Å². The lowest BCUT2D eigenvalue weighted by Crippen LogP contribution is -2.13. The molecule has 0 aliphatic rings. The summed E-state index contributed by atoms with van der Waals surface area (Å²) in [6, 6.07) is 4.88. The number of nitrogens with zero attached hydrogens (tertiary/aromatic N) is 1. The van der Waals surface area contributed by atoms with E-state index >= 15 is 0 Å². The van der Waals surface area contributed by atoms with E-state index in [1.54, 1.807) is 6.07 Å². The Morgan fingerprint density at radius 1 is 1.15 bits per heavy atom. The van der Waals surface area contributed by atoms with Crippen LogP contribution < -0.4 is 0 Å². The highest BCUT2D eigenvalue weighted by atomic mass is 19.1. The molecule has 1 heterocycles. The number of rotatable bonds is 0. The van der Waals surface area contributed by atoms with Crippen LogP contribution in [0.4, 0.5) is 4.39 Å². The molecule has 0 aliphatic carbocycles. The Hall–Kier alpha value is -0.920. The molecule has 0 atom stereocenters. The quantitative estimate of drug-likeness (QED) is 0.560. The summed E-state index contributed by atoms with van der Waals surface area (Å²) in [6.45, 7) is 10.0. The Morgan fingerprint density at radius 2 is 1.69 bits per heavy atom. The van der Waals surface area contributed by atoms with Crippen molar-refractivity contribution < 1.29 is 4.39 Å². The van der Waals surface area contributed by atoms with Crippen molar-refractivity contribution in [2.24, 2.45) is 0 Å². The minimum atomic E-state index is -0.405. The Morgan fingerprint density at radius 3 is 2.00 bits per heavy atom. The SMILES string of the molecule is CC.CC(C)(C)c1cccc(F)n1. The molecule has 2 heteroatoms. The molecule has 0 bridgehead atoms. The molecule has 1 aromatic rings. The summed E-state index contributed by atoms with van der Waals surface area (Å²) >= 11 is 0. The molecule has 0 amide bonds. The van der Waals surface area contributed by atoms with Gasteiger partial charge >= 0.3 is 0 Å². The van der Waals surface area contributed by atoms with E-state index in [9.17, 15) is 4.39 Å². The van der Waals surface area contributed by atoms with Crippen molar-refractivity contribution >= 4 is 0 Å². The van der Waals surface area contributed by atoms with Gasteiger partial charge in [-0.15, -0.1) is 0 Å². The van der Waals surface area contributed by atoms with Gasteiger partial charge in [-0.3, -0.25) is 0 Å². The van der Waals surface area contributed by atoms with Crippen molar-refractivity contribution in [1.82, 2.24) is 4.98 Å². The molecule has 0 fully saturated rings. The molecule has 1 aromatic heterocycles. The van der Waals surface area contributed by atoms with Gasteiger partial charge in [-0.1, -0.05) is 40.7 Å². The highest BCUT2D eigenvalue weighted by molar-refractivity contribution is 5.13. The Bertz CT molecular complexity index is 251. The molecule has 1 rings (SSSR count). The third-order valence-electron chi connectivity index (χ3n) is 1.48. The fourth-order valence-electron chi connectivity index (χ4n) is 0.826. The molecule has 0 saturated heterocycles. The van der Waals surface area contributed by atoms with Gasteiger partial charge in [-0.25, -0.2) is 4.98 Å². The maximum atomic E-state index is 12.6. The molecule has 0 aromatic carbocycles. The van der Waals surface area contributed by atoms with Crippen LogP contribution in [-0.4, -0.2) is 4.98 Å². The fraction of sp³-hybridized carbons (Fsp3) is 0.545. The number of hydrogen-bond donors (Lipinski definition) is 0. The lowest BCUT2D eigenvalue weighted by molar-refractivity contribution is 0.523. The number of aromatic nitrogens is 1. The highest BCUT2D eigenvalue weighted by Crippen LogP contribution is 2.19. The summed E-state index contributed by atoms with van der Waals surface area (Å²) in [7, 11) is 0. The molecular weight excluding hydrogens is 165 g/mol. The summed E-state index contributed by atoms with van der Waals surface area (Å²) < 4.78 is 12.6. The average Bonchev–Trinajstić information content (AvgIpc) is 2.06. The maximum Gasteiger partial charge on any atom is 0.213 e. The second kappa shape index (κ2) is 4.95. The van der Waals surface area contributed by atoms with Crippen LogP contribution in [0, 0.1) is 5.95 Å². The van der Waals surface area contributed by atoms with Crippen molar-refractivity contribution in [3.05, 3.63) is 29.8 Å². The van der Waals surface area contributed by atoms with Crippen molar-refractivity contribution in [1.29, 1.82) is 0 Å². The first-order chi connectivity index (χ1) is 6.00. The van der Waals surface area contributed by atoms with Crippen LogP contribution in [0.1, 0.15) is 40.3 Å². The van der Waals surface area contributed by atoms with Gasteiger partial charge in [0.25, 0.3) is 0 Å². The van der Waals surface area contributed by atoms with Crippen LogP contribution in [0.25, 0.3) is 0 Å². The zero-order chi connectivity index (χ0) is 10.5. The number of hydrogen-bond acceptors (Lipinski definition) is 1. The zero-order valence-corrected chi connectivity index (χ0v) is 9.06. The molecular formula is C11H18FN. The number of pyridine rings is 1. The Labute approximate surface area is 80.0 Å². The van der Waals surface area contributed by atoms with Crippen LogP contribution in [0.15, 0.2) is 18.2 Å². The predicted molar refractivity (Wildman–Crippen MR) is 54.2 cm³/mol. The topological polar surface area (TPSA) is 12.9 Å². The van der Waals surface area contributed by atoms with E-state index in [0.29, 0.717) is 0 Å². The number of halogens is 1.